The van der Waals surface area contributed by atoms with Gasteiger partial charge in [0.1, 0.15) is 22.6 Å². The quantitative estimate of drug-likeness (QED) is 0.295. The van der Waals surface area contributed by atoms with Crippen LogP contribution in [0.5, 0.6) is 5.75 Å². The Morgan fingerprint density at radius 3 is 2.79 bits per heavy atom. The number of urea groups is 1. The van der Waals surface area contributed by atoms with Gasteiger partial charge in [-0.3, -0.25) is 14.9 Å². The average molecular weight is 534 g/mol. The van der Waals surface area contributed by atoms with E-state index in [1.54, 1.807) is 25.0 Å². The van der Waals surface area contributed by atoms with Gasteiger partial charge in [0.2, 0.25) is 6.41 Å². The largest absolute Gasteiger partial charge is 0.497 e. The van der Waals surface area contributed by atoms with Gasteiger partial charge in [-0.1, -0.05) is 12.1 Å². The average Bonchev–Trinajstić information content (AvgIpc) is 3.50. The van der Waals surface area contributed by atoms with Gasteiger partial charge in [-0.25, -0.2) is 4.79 Å². The topological polar surface area (TPSA) is 125 Å². The number of hydrogen-bond acceptors (Lipinski definition) is 7. The van der Waals surface area contributed by atoms with Crippen molar-refractivity contribution in [2.45, 2.75) is 38.4 Å². The molecular weight excluding hydrogens is 498 g/mol. The van der Waals surface area contributed by atoms with Gasteiger partial charge in [-0.2, -0.15) is 0 Å². The van der Waals surface area contributed by atoms with Crippen molar-refractivity contribution in [2.24, 2.45) is 5.92 Å². The Morgan fingerprint density at radius 2 is 2.03 bits per heavy atom. The van der Waals surface area contributed by atoms with Gasteiger partial charge in [-0.15, -0.1) is 0 Å². The lowest BCUT2D eigenvalue weighted by atomic mass is 9.97. The lowest BCUT2D eigenvalue weighted by Gasteiger charge is -2.32. The molecule has 0 bridgehead atoms. The van der Waals surface area contributed by atoms with E-state index in [1.807, 2.05) is 30.3 Å². The first-order valence-corrected chi connectivity index (χ1v) is 13.3. The maximum Gasteiger partial charge on any atom is 0.322 e. The third-order valence-electron chi connectivity index (χ3n) is 7.63. The Labute approximate surface area is 227 Å². The van der Waals surface area contributed by atoms with Gasteiger partial charge in [0.05, 0.1) is 13.7 Å². The van der Waals surface area contributed by atoms with E-state index in [-0.39, 0.29) is 12.5 Å². The van der Waals surface area contributed by atoms with Crippen LogP contribution in [0.25, 0.3) is 11.0 Å². The predicted octanol–water partition coefficient (Wildman–Crippen LogP) is 2.86. The molecule has 10 nitrogen and oxygen atoms in total. The van der Waals surface area contributed by atoms with Crippen LogP contribution in [0.1, 0.15) is 47.0 Å². The summed E-state index contributed by atoms with van der Waals surface area (Å²) in [6, 6.07) is 12.7. The summed E-state index contributed by atoms with van der Waals surface area (Å²) in [5, 5.41) is 12.8. The van der Waals surface area contributed by atoms with E-state index in [4.69, 9.17) is 9.15 Å². The summed E-state index contributed by atoms with van der Waals surface area (Å²) in [7, 11) is 1.56. The van der Waals surface area contributed by atoms with E-state index in [0.717, 1.165) is 42.7 Å². The predicted molar refractivity (Wildman–Crippen MR) is 146 cm³/mol. The Balaban J connectivity index is 1.35. The number of hydrogen-bond donors (Lipinski definition) is 4. The molecule has 1 fully saturated rings. The highest BCUT2D eigenvalue weighted by Gasteiger charge is 2.39. The summed E-state index contributed by atoms with van der Waals surface area (Å²) in [5.41, 5.74) is 2.15. The summed E-state index contributed by atoms with van der Waals surface area (Å²) < 4.78 is 11.5. The maximum atomic E-state index is 13.3. The molecule has 4 amide bonds. The normalized spacial score (nSPS) is 17.1. The van der Waals surface area contributed by atoms with E-state index < -0.39 is 11.6 Å². The van der Waals surface area contributed by atoms with Crippen LogP contribution in [0.4, 0.5) is 4.79 Å². The molecule has 39 heavy (non-hydrogen) atoms. The van der Waals surface area contributed by atoms with Crippen molar-refractivity contribution in [3.63, 3.8) is 0 Å². The van der Waals surface area contributed by atoms with Gasteiger partial charge >= 0.3 is 6.03 Å². The standard InChI is InChI=1S/C29H35N5O5/c1-29(33-28(37)32-18-35,17-34-16-21-4-5-23(38-2)13-24(21)27(34)36)26-12-22-11-20(3-6-25(22)39-26)15-31-14-19-7-9-30-10-8-19/h3-6,11-13,18-19,30-31H,7-10,14-17H2,1-2H3,(H2,32,33,35,37)/t29-/m0/s1. The van der Waals surface area contributed by atoms with E-state index in [1.165, 1.54) is 12.8 Å². The Hall–Kier alpha value is -3.89. The minimum absolute atomic E-state index is 0.138. The highest BCUT2D eigenvalue weighted by atomic mass is 16.5. The summed E-state index contributed by atoms with van der Waals surface area (Å²) in [5.74, 6) is 1.62. The van der Waals surface area contributed by atoms with E-state index in [0.29, 0.717) is 41.5 Å². The molecule has 0 radical (unpaired) electrons. The fraction of sp³-hybridized carbons (Fsp3) is 0.414. The van der Waals surface area contributed by atoms with Gasteiger partial charge in [0.15, 0.2) is 0 Å². The van der Waals surface area contributed by atoms with Crippen molar-refractivity contribution in [3.05, 3.63) is 64.9 Å². The summed E-state index contributed by atoms with van der Waals surface area (Å²) in [6.45, 7) is 6.21. The van der Waals surface area contributed by atoms with Crippen LogP contribution >= 0.6 is 0 Å². The van der Waals surface area contributed by atoms with E-state index >= 15 is 0 Å². The van der Waals surface area contributed by atoms with Crippen LogP contribution < -0.4 is 26.0 Å². The number of benzene rings is 2. The van der Waals surface area contributed by atoms with Crippen LogP contribution in [-0.2, 0) is 23.4 Å². The number of ether oxygens (including phenoxy) is 1. The number of piperidine rings is 1. The molecule has 1 atom stereocenters. The number of carbonyl (C=O) groups excluding carboxylic acids is 3. The molecule has 0 unspecified atom stereocenters. The van der Waals surface area contributed by atoms with E-state index in [2.05, 4.69) is 27.3 Å². The van der Waals surface area contributed by atoms with Crippen molar-refractivity contribution in [2.75, 3.05) is 33.3 Å². The second kappa shape index (κ2) is 11.5. The first-order valence-electron chi connectivity index (χ1n) is 13.3. The molecule has 3 heterocycles. The van der Waals surface area contributed by atoms with Crippen LogP contribution in [-0.4, -0.2) is 56.5 Å². The van der Waals surface area contributed by atoms with Gasteiger partial charge in [0.25, 0.3) is 5.91 Å². The zero-order chi connectivity index (χ0) is 27.4. The molecule has 1 saturated heterocycles. The Bertz CT molecular complexity index is 1370. The SMILES string of the molecule is COc1ccc2c(c1)C(=O)N(C[C@](C)(NC(=O)NC=O)c1cc3cc(CNCC4CCNCC4)ccc3o1)C2. The molecule has 4 N–H and O–H groups in total. The molecule has 2 aromatic carbocycles. The molecule has 10 heteroatoms. The van der Waals surface area contributed by atoms with Gasteiger partial charge in [-0.05, 0) is 86.8 Å². The number of nitrogens with zero attached hydrogens (tertiary/aromatic N) is 1. The first-order chi connectivity index (χ1) is 18.9. The van der Waals surface area contributed by atoms with E-state index in [9.17, 15) is 14.4 Å². The molecule has 0 spiro atoms. The van der Waals surface area contributed by atoms with Crippen molar-refractivity contribution in [3.8, 4) is 5.75 Å². The molecule has 206 valence electrons. The number of amides is 4. The second-order valence-electron chi connectivity index (χ2n) is 10.5. The number of methoxy groups -OCH3 is 1. The second-order valence-corrected chi connectivity index (χ2v) is 10.5. The van der Waals surface area contributed by atoms with Crippen LogP contribution in [0.15, 0.2) is 46.9 Å². The number of fused-ring (bicyclic) bond motifs is 2. The molecule has 0 aliphatic carbocycles. The monoisotopic (exact) mass is 533 g/mol. The molecule has 5 rings (SSSR count). The molecular formula is C29H35N5O5. The van der Waals surface area contributed by atoms with Gasteiger partial charge < -0.3 is 30.0 Å². The van der Waals surface area contributed by atoms with Crippen molar-refractivity contribution in [1.82, 2.24) is 26.2 Å². The molecule has 2 aliphatic heterocycles. The molecule has 3 aromatic rings. The highest BCUT2D eigenvalue weighted by Crippen LogP contribution is 2.33. The molecule has 1 aromatic heterocycles. The molecule has 0 saturated carbocycles. The van der Waals surface area contributed by atoms with Crippen LogP contribution in [0.2, 0.25) is 0 Å². The summed E-state index contributed by atoms with van der Waals surface area (Å²) in [6.07, 6.45) is 2.71. The number of rotatable bonds is 10. The molecule has 2 aliphatic rings. The minimum Gasteiger partial charge on any atom is -0.497 e. The maximum absolute atomic E-state index is 13.3. The van der Waals surface area contributed by atoms with Gasteiger partial charge in [0, 0.05) is 24.0 Å². The Morgan fingerprint density at radius 1 is 1.21 bits per heavy atom. The zero-order valence-electron chi connectivity index (χ0n) is 22.3. The fourth-order valence-electron chi connectivity index (χ4n) is 5.48. The summed E-state index contributed by atoms with van der Waals surface area (Å²) in [4.78, 5) is 38.3. The number of carbonyl (C=O) groups is 3. The smallest absolute Gasteiger partial charge is 0.322 e. The van der Waals surface area contributed by atoms with Crippen LogP contribution in [0.3, 0.4) is 0 Å². The van der Waals surface area contributed by atoms with Crippen molar-refractivity contribution in [1.29, 1.82) is 0 Å². The van der Waals surface area contributed by atoms with Crippen LogP contribution in [0, 0.1) is 5.92 Å². The van der Waals surface area contributed by atoms with Crippen molar-refractivity contribution >= 4 is 29.3 Å². The van der Waals surface area contributed by atoms with Crippen molar-refractivity contribution < 1.29 is 23.5 Å². The lowest BCUT2D eigenvalue weighted by Crippen LogP contribution is -2.53. The number of imide groups is 1. The third kappa shape index (κ3) is 5.91. The minimum atomic E-state index is -1.11. The first kappa shape index (κ1) is 26.7. The lowest BCUT2D eigenvalue weighted by molar-refractivity contribution is -0.108. The summed E-state index contributed by atoms with van der Waals surface area (Å²) >= 11 is 0. The fourth-order valence-corrected chi connectivity index (χ4v) is 5.48. The number of nitrogens with one attached hydrogen (secondary N) is 4. The highest BCUT2D eigenvalue weighted by molar-refractivity contribution is 5.99. The Kier molecular flexibility index (Phi) is 7.85. The number of furan rings is 1. The third-order valence-corrected chi connectivity index (χ3v) is 7.63. The zero-order valence-corrected chi connectivity index (χ0v) is 22.3.